The molecule has 1 rings (SSSR count). The molecule has 1 fully saturated rings. The van der Waals surface area contributed by atoms with E-state index < -0.39 is 0 Å². The molecule has 1 N–H and O–H groups in total. The highest BCUT2D eigenvalue weighted by Crippen LogP contribution is 2.18. The molecule has 108 valence electrons. The van der Waals surface area contributed by atoms with E-state index in [0.717, 1.165) is 26.2 Å². The van der Waals surface area contributed by atoms with Crippen LogP contribution in [0.3, 0.4) is 0 Å². The Hall–Kier alpha value is -0.120. The number of hydrogen-bond donors (Lipinski definition) is 1. The number of ether oxygens (including phenoxy) is 1. The molecule has 1 heterocycles. The lowest BCUT2D eigenvalue weighted by Crippen LogP contribution is -2.57. The predicted octanol–water partition coefficient (Wildman–Crippen LogP) is 2.65. The van der Waals surface area contributed by atoms with Crippen LogP contribution in [0.4, 0.5) is 0 Å². The molecule has 3 nitrogen and oxygen atoms in total. The molecule has 0 aromatic rings. The number of nitrogens with one attached hydrogen (secondary N) is 1. The van der Waals surface area contributed by atoms with Gasteiger partial charge in [0.05, 0.1) is 6.61 Å². The number of likely N-dealkylation sites (N-methyl/N-ethyl adjacent to an activating group) is 1. The zero-order valence-electron chi connectivity index (χ0n) is 12.7. The third-order valence-electron chi connectivity index (χ3n) is 3.90. The Morgan fingerprint density at radius 3 is 2.67 bits per heavy atom. The Morgan fingerprint density at radius 2 is 2.06 bits per heavy atom. The summed E-state index contributed by atoms with van der Waals surface area (Å²) in [5, 5.41) is 3.64. The fraction of sp³-hybridized carbons (Fsp3) is 1.00. The van der Waals surface area contributed by atoms with Crippen LogP contribution in [0.5, 0.6) is 0 Å². The smallest absolute Gasteiger partial charge is 0.0637 e. The van der Waals surface area contributed by atoms with E-state index in [4.69, 9.17) is 4.74 Å². The number of rotatable bonds is 8. The van der Waals surface area contributed by atoms with Gasteiger partial charge in [-0.05, 0) is 39.8 Å². The molecule has 1 aliphatic heterocycles. The van der Waals surface area contributed by atoms with Gasteiger partial charge in [0.15, 0.2) is 0 Å². The van der Waals surface area contributed by atoms with Crippen LogP contribution >= 0.6 is 0 Å². The largest absolute Gasteiger partial charge is 0.380 e. The molecular weight excluding hydrogens is 224 g/mol. The van der Waals surface area contributed by atoms with E-state index in [0.29, 0.717) is 18.1 Å². The molecule has 18 heavy (non-hydrogen) atoms. The normalized spacial score (nSPS) is 25.0. The zero-order valence-corrected chi connectivity index (χ0v) is 12.7. The van der Waals surface area contributed by atoms with Gasteiger partial charge in [-0.25, -0.2) is 0 Å². The summed E-state index contributed by atoms with van der Waals surface area (Å²) in [6.45, 7) is 13.2. The molecule has 3 heteroatoms. The lowest BCUT2D eigenvalue weighted by Gasteiger charge is -2.42. The van der Waals surface area contributed by atoms with Crippen LogP contribution in [0.25, 0.3) is 0 Å². The molecule has 0 spiro atoms. The summed E-state index contributed by atoms with van der Waals surface area (Å²) in [6, 6.07) is 1.76. The second-order valence-corrected chi connectivity index (χ2v) is 5.63. The fourth-order valence-electron chi connectivity index (χ4n) is 2.90. The Balaban J connectivity index is 2.56. The van der Waals surface area contributed by atoms with Crippen LogP contribution in [0.15, 0.2) is 0 Å². The first kappa shape index (κ1) is 15.9. The van der Waals surface area contributed by atoms with E-state index in [1.807, 2.05) is 0 Å². The summed E-state index contributed by atoms with van der Waals surface area (Å²) >= 11 is 0. The molecule has 0 radical (unpaired) electrons. The van der Waals surface area contributed by atoms with Gasteiger partial charge in [0.25, 0.3) is 0 Å². The number of hydrogen-bond acceptors (Lipinski definition) is 3. The molecule has 1 aliphatic rings. The monoisotopic (exact) mass is 256 g/mol. The van der Waals surface area contributed by atoms with Gasteiger partial charge in [0.2, 0.25) is 0 Å². The van der Waals surface area contributed by atoms with E-state index in [-0.39, 0.29) is 0 Å². The van der Waals surface area contributed by atoms with Crippen molar-refractivity contribution in [2.24, 2.45) is 0 Å². The third-order valence-corrected chi connectivity index (χ3v) is 3.90. The van der Waals surface area contributed by atoms with Gasteiger partial charge >= 0.3 is 0 Å². The topological polar surface area (TPSA) is 24.5 Å². The first-order valence-corrected chi connectivity index (χ1v) is 7.77. The van der Waals surface area contributed by atoms with Crippen molar-refractivity contribution in [1.29, 1.82) is 0 Å². The second-order valence-electron chi connectivity index (χ2n) is 5.63. The highest BCUT2D eigenvalue weighted by Gasteiger charge is 2.31. The van der Waals surface area contributed by atoms with Crippen molar-refractivity contribution in [3.05, 3.63) is 0 Å². The minimum atomic E-state index is 0.551. The van der Waals surface area contributed by atoms with E-state index in [1.54, 1.807) is 0 Å². The number of unbranched alkanes of at least 4 members (excludes halogenated alkanes) is 2. The van der Waals surface area contributed by atoms with Gasteiger partial charge in [-0.1, -0.05) is 26.7 Å². The lowest BCUT2D eigenvalue weighted by atomic mass is 9.99. The maximum atomic E-state index is 5.71. The summed E-state index contributed by atoms with van der Waals surface area (Å²) in [6.07, 6.45) is 5.09. The third kappa shape index (κ3) is 4.87. The highest BCUT2D eigenvalue weighted by atomic mass is 16.5. The molecule has 2 unspecified atom stereocenters. The van der Waals surface area contributed by atoms with Crippen LogP contribution in [-0.4, -0.2) is 49.3 Å². The van der Waals surface area contributed by atoms with Crippen molar-refractivity contribution < 1.29 is 4.74 Å². The molecule has 2 atom stereocenters. The van der Waals surface area contributed by atoms with E-state index >= 15 is 0 Å². The minimum Gasteiger partial charge on any atom is -0.380 e. The van der Waals surface area contributed by atoms with Crippen molar-refractivity contribution in [3.8, 4) is 0 Å². The number of nitrogens with zero attached hydrogens (tertiary/aromatic N) is 1. The van der Waals surface area contributed by atoms with Gasteiger partial charge in [0, 0.05) is 24.7 Å². The summed E-state index contributed by atoms with van der Waals surface area (Å²) in [5.74, 6) is 0. The van der Waals surface area contributed by atoms with Crippen LogP contribution in [0, 0.1) is 0 Å². The highest BCUT2D eigenvalue weighted by molar-refractivity contribution is 4.88. The Morgan fingerprint density at radius 1 is 1.28 bits per heavy atom. The Kier molecular flexibility index (Phi) is 7.87. The molecule has 0 bridgehead atoms. The molecule has 1 saturated heterocycles. The average Bonchev–Trinajstić information content (AvgIpc) is 2.36. The predicted molar refractivity (Wildman–Crippen MR) is 78.1 cm³/mol. The second kappa shape index (κ2) is 8.89. The van der Waals surface area contributed by atoms with E-state index in [9.17, 15) is 0 Å². The lowest BCUT2D eigenvalue weighted by molar-refractivity contribution is -0.0148. The van der Waals surface area contributed by atoms with E-state index in [1.165, 1.54) is 25.8 Å². The van der Waals surface area contributed by atoms with Crippen LogP contribution < -0.4 is 5.32 Å². The standard InChI is InChI=1S/C15H32N2O/c1-5-7-8-10-17(13(3)4)15-12-18-11-9-14(15)16-6-2/h13-16H,5-12H2,1-4H3. The van der Waals surface area contributed by atoms with Crippen LogP contribution in [0.1, 0.15) is 53.4 Å². The first-order chi connectivity index (χ1) is 8.70. The van der Waals surface area contributed by atoms with Gasteiger partial charge in [-0.2, -0.15) is 0 Å². The Bertz CT molecular complexity index is 207. The molecule has 0 aromatic heterocycles. The van der Waals surface area contributed by atoms with Crippen LogP contribution in [-0.2, 0) is 4.74 Å². The summed E-state index contributed by atoms with van der Waals surface area (Å²) in [7, 11) is 0. The van der Waals surface area contributed by atoms with Gasteiger partial charge in [-0.3, -0.25) is 4.90 Å². The van der Waals surface area contributed by atoms with Crippen molar-refractivity contribution in [3.63, 3.8) is 0 Å². The van der Waals surface area contributed by atoms with Crippen molar-refractivity contribution in [1.82, 2.24) is 10.2 Å². The summed E-state index contributed by atoms with van der Waals surface area (Å²) in [5.41, 5.74) is 0. The van der Waals surface area contributed by atoms with Gasteiger partial charge in [0.1, 0.15) is 0 Å². The van der Waals surface area contributed by atoms with Crippen molar-refractivity contribution >= 4 is 0 Å². The minimum absolute atomic E-state index is 0.551. The summed E-state index contributed by atoms with van der Waals surface area (Å²) in [4.78, 5) is 2.64. The molecule has 0 aliphatic carbocycles. The molecule has 0 saturated carbocycles. The van der Waals surface area contributed by atoms with E-state index in [2.05, 4.69) is 37.9 Å². The van der Waals surface area contributed by atoms with Crippen molar-refractivity contribution in [2.75, 3.05) is 26.3 Å². The van der Waals surface area contributed by atoms with Gasteiger partial charge < -0.3 is 10.1 Å². The first-order valence-electron chi connectivity index (χ1n) is 7.77. The molecular formula is C15H32N2O. The fourth-order valence-corrected chi connectivity index (χ4v) is 2.90. The van der Waals surface area contributed by atoms with Crippen molar-refractivity contribution in [2.45, 2.75) is 71.5 Å². The van der Waals surface area contributed by atoms with Gasteiger partial charge in [-0.15, -0.1) is 0 Å². The quantitative estimate of drug-likeness (QED) is 0.676. The maximum absolute atomic E-state index is 5.71. The maximum Gasteiger partial charge on any atom is 0.0637 e. The molecule has 0 amide bonds. The zero-order chi connectivity index (χ0) is 13.4. The summed E-state index contributed by atoms with van der Waals surface area (Å²) < 4.78 is 5.71. The average molecular weight is 256 g/mol. The SMILES string of the molecule is CCCCCN(C(C)C)C1COCCC1NCC. The molecule has 0 aromatic carbocycles. The van der Waals surface area contributed by atoms with Crippen LogP contribution in [0.2, 0.25) is 0 Å². The Labute approximate surface area is 113 Å².